The van der Waals surface area contributed by atoms with Crippen LogP contribution in [0.4, 0.5) is 5.69 Å². The minimum atomic E-state index is 0.401. The van der Waals surface area contributed by atoms with E-state index in [1.54, 1.807) is 22.7 Å². The number of nitriles is 1. The average Bonchev–Trinajstić information content (AvgIpc) is 4.22. The number of rotatable bonds is 4. The Morgan fingerprint density at radius 3 is 1.59 bits per heavy atom. The highest BCUT2D eigenvalue weighted by Gasteiger charge is 2.33. The summed E-state index contributed by atoms with van der Waals surface area (Å²) in [4.78, 5) is 4.67. The zero-order valence-corrected chi connectivity index (χ0v) is 38.1. The summed E-state index contributed by atoms with van der Waals surface area (Å²) in [5.74, 6) is 0. The van der Waals surface area contributed by atoms with Crippen LogP contribution in [-0.4, -0.2) is 9.13 Å². The van der Waals surface area contributed by atoms with E-state index < -0.39 is 0 Å². The fraction of sp³-hybridized carbons (Fsp3) is 0. The maximum absolute atomic E-state index is 12.2. The second-order valence-electron chi connectivity index (χ2n) is 17.6. The van der Waals surface area contributed by atoms with Gasteiger partial charge in [-0.3, -0.25) is 0 Å². The molecule has 0 aliphatic heterocycles. The van der Waals surface area contributed by atoms with Crippen LogP contribution in [0.1, 0.15) is 5.56 Å². The van der Waals surface area contributed by atoms with E-state index in [0.29, 0.717) is 16.9 Å². The molecule has 0 aliphatic rings. The molecular weight excluding hydrogens is 881 g/mol. The first kappa shape index (κ1) is 38.2. The zero-order valence-electron chi connectivity index (χ0n) is 36.5. The fourth-order valence-corrected chi connectivity index (χ4v) is 13.9. The normalized spacial score (nSPS) is 12.0. The predicted octanol–water partition coefficient (Wildman–Crippen LogP) is 18.3. The summed E-state index contributed by atoms with van der Waals surface area (Å²) in [5, 5.41) is 23.1. The summed E-state index contributed by atoms with van der Waals surface area (Å²) in [6.45, 7) is 9.54. The van der Waals surface area contributed by atoms with E-state index in [4.69, 9.17) is 4.42 Å². The molecule has 0 amide bonds. The fourth-order valence-electron chi connectivity index (χ4n) is 11.4. The number of hydrogen-bond donors (Lipinski definition) is 0. The SMILES string of the molecule is [C-]#[N+]c1c(-c2ccccc2)c(-n2c3ccccc3c3c4oc5ccccc5c4ccc32)c(-c2ccccc2)c(C#N)c1-n1c2c(ccc3c4ccccc4sc32)c2ccc3c4ccccc4sc3c21. The molecule has 0 radical (unpaired) electrons. The minimum absolute atomic E-state index is 0.401. The highest BCUT2D eigenvalue weighted by atomic mass is 32.1. The molecule has 0 spiro atoms. The Morgan fingerprint density at radius 1 is 0.449 bits per heavy atom. The van der Waals surface area contributed by atoms with E-state index in [1.807, 2.05) is 48.5 Å². The number of nitrogens with zero attached hydrogens (tertiary/aromatic N) is 4. The monoisotopic (exact) mass is 912 g/mol. The second kappa shape index (κ2) is 14.3. The molecule has 0 unspecified atom stereocenters. The average molecular weight is 913 g/mol. The molecule has 0 bridgehead atoms. The molecule has 69 heavy (non-hydrogen) atoms. The summed E-state index contributed by atoms with van der Waals surface area (Å²) in [5.41, 5.74) is 10.9. The summed E-state index contributed by atoms with van der Waals surface area (Å²) in [6, 6.07) is 70.6. The Hall–Kier alpha value is -8.98. The van der Waals surface area contributed by atoms with Crippen molar-refractivity contribution >= 4 is 134 Å². The lowest BCUT2D eigenvalue weighted by Gasteiger charge is -2.25. The second-order valence-corrected chi connectivity index (χ2v) is 19.7. The molecule has 0 saturated heterocycles. The van der Waals surface area contributed by atoms with Crippen LogP contribution in [0.2, 0.25) is 0 Å². The molecule has 10 aromatic carbocycles. The molecule has 5 aromatic heterocycles. The third kappa shape index (κ3) is 5.10. The topological polar surface area (TPSA) is 51.1 Å². The van der Waals surface area contributed by atoms with E-state index in [2.05, 4.69) is 166 Å². The Morgan fingerprint density at radius 2 is 0.971 bits per heavy atom. The highest BCUT2D eigenvalue weighted by Crippen LogP contribution is 2.55. The molecular formula is C62H32N4OS2. The molecule has 7 heteroatoms. The summed E-state index contributed by atoms with van der Waals surface area (Å²) in [7, 11) is 0. The number of fused-ring (bicyclic) bond motifs is 18. The van der Waals surface area contributed by atoms with Gasteiger partial charge in [-0.15, -0.1) is 22.7 Å². The number of aromatic nitrogens is 2. The molecule has 15 aromatic rings. The molecule has 0 N–H and O–H groups in total. The Kier molecular flexibility index (Phi) is 7.89. The molecule has 0 saturated carbocycles. The maximum atomic E-state index is 12.2. The van der Waals surface area contributed by atoms with E-state index in [-0.39, 0.29) is 0 Å². The Balaban J connectivity index is 1.22. The van der Waals surface area contributed by atoms with Gasteiger partial charge in [0.25, 0.3) is 0 Å². The number of thiophene rings is 2. The standard InChI is InChI=1S/C62H32N4OS2/c1-64-55-53(36-18-6-3-7-19-36)59(65-47-24-12-8-23-45(47)54-48(65)33-32-42-37-20-9-13-25-49(37)67-60(42)54)52(35-16-4-2-5-17-35)46(34-63)56(55)66-57-40(28-30-43-38-21-10-14-26-50(38)68-61(43)57)41-29-31-44-39-22-11-15-27-51(39)69-62(44)58(41)66/h2-33H. The van der Waals surface area contributed by atoms with E-state index in [0.717, 1.165) is 114 Å². The molecule has 318 valence electrons. The first-order chi connectivity index (χ1) is 34.2. The van der Waals surface area contributed by atoms with Crippen LogP contribution in [0.15, 0.2) is 199 Å². The van der Waals surface area contributed by atoms with Gasteiger partial charge < -0.3 is 13.6 Å². The Labute approximate surface area is 401 Å². The van der Waals surface area contributed by atoms with Crippen LogP contribution in [0.3, 0.4) is 0 Å². The van der Waals surface area contributed by atoms with Gasteiger partial charge in [0.2, 0.25) is 5.69 Å². The van der Waals surface area contributed by atoms with Crippen LogP contribution in [0, 0.1) is 17.9 Å². The molecule has 0 atom stereocenters. The first-order valence-corrected chi connectivity index (χ1v) is 24.5. The lowest BCUT2D eigenvalue weighted by molar-refractivity contribution is 0.673. The lowest BCUT2D eigenvalue weighted by atomic mass is 9.88. The minimum Gasteiger partial charge on any atom is -0.455 e. The number of para-hydroxylation sites is 2. The van der Waals surface area contributed by atoms with E-state index >= 15 is 0 Å². The number of benzene rings is 10. The van der Waals surface area contributed by atoms with E-state index in [9.17, 15) is 11.8 Å². The van der Waals surface area contributed by atoms with Crippen molar-refractivity contribution < 1.29 is 4.42 Å². The van der Waals surface area contributed by atoms with Gasteiger partial charge in [-0.25, -0.2) is 4.85 Å². The summed E-state index contributed by atoms with van der Waals surface area (Å²) < 4.78 is 16.0. The third-order valence-electron chi connectivity index (χ3n) is 14.2. The number of furan rings is 1. The van der Waals surface area contributed by atoms with Crippen LogP contribution < -0.4 is 0 Å². The van der Waals surface area contributed by atoms with Crippen molar-refractivity contribution in [2.45, 2.75) is 0 Å². The summed E-state index contributed by atoms with van der Waals surface area (Å²) >= 11 is 3.54. The lowest BCUT2D eigenvalue weighted by Crippen LogP contribution is -2.08. The van der Waals surface area contributed by atoms with Gasteiger partial charge >= 0.3 is 0 Å². The molecule has 5 nitrogen and oxygen atoms in total. The zero-order chi connectivity index (χ0) is 45.5. The van der Waals surface area contributed by atoms with Crippen molar-refractivity contribution in [3.63, 3.8) is 0 Å². The predicted molar refractivity (Wildman–Crippen MR) is 290 cm³/mol. The van der Waals surface area contributed by atoms with Crippen molar-refractivity contribution in [1.29, 1.82) is 5.26 Å². The van der Waals surface area contributed by atoms with Crippen molar-refractivity contribution in [2.75, 3.05) is 0 Å². The quantitative estimate of drug-likeness (QED) is 0.165. The van der Waals surface area contributed by atoms with Gasteiger partial charge in [0.15, 0.2) is 0 Å². The van der Waals surface area contributed by atoms with Crippen LogP contribution in [0.25, 0.3) is 144 Å². The summed E-state index contributed by atoms with van der Waals surface area (Å²) in [6.07, 6.45) is 0. The first-order valence-electron chi connectivity index (χ1n) is 22.9. The van der Waals surface area contributed by atoms with Gasteiger partial charge in [-0.05, 0) is 47.5 Å². The van der Waals surface area contributed by atoms with Crippen molar-refractivity contribution in [2.24, 2.45) is 0 Å². The molecule has 0 fully saturated rings. The van der Waals surface area contributed by atoms with Gasteiger partial charge in [0, 0.05) is 69.0 Å². The molecule has 15 rings (SSSR count). The van der Waals surface area contributed by atoms with Crippen LogP contribution >= 0.6 is 22.7 Å². The van der Waals surface area contributed by atoms with Crippen molar-refractivity contribution in [1.82, 2.24) is 9.13 Å². The van der Waals surface area contributed by atoms with Gasteiger partial charge in [-0.2, -0.15) is 5.26 Å². The number of hydrogen-bond acceptors (Lipinski definition) is 4. The van der Waals surface area contributed by atoms with Crippen molar-refractivity contribution in [3.05, 3.63) is 211 Å². The van der Waals surface area contributed by atoms with E-state index in [1.165, 1.54) is 20.2 Å². The maximum Gasteiger partial charge on any atom is 0.221 e. The third-order valence-corrected chi connectivity index (χ3v) is 16.6. The van der Waals surface area contributed by atoms with Gasteiger partial charge in [0.1, 0.15) is 17.2 Å². The van der Waals surface area contributed by atoms with Crippen molar-refractivity contribution in [3.8, 4) is 39.7 Å². The van der Waals surface area contributed by atoms with Crippen LogP contribution in [-0.2, 0) is 0 Å². The smallest absolute Gasteiger partial charge is 0.221 e. The molecule has 5 heterocycles. The highest BCUT2D eigenvalue weighted by molar-refractivity contribution is 7.27. The molecule has 0 aliphatic carbocycles. The van der Waals surface area contributed by atoms with Crippen LogP contribution in [0.5, 0.6) is 0 Å². The largest absolute Gasteiger partial charge is 0.455 e. The van der Waals surface area contributed by atoms with Gasteiger partial charge in [0.05, 0.1) is 60.4 Å². The van der Waals surface area contributed by atoms with Gasteiger partial charge in [-0.1, -0.05) is 158 Å². The Bertz CT molecular complexity index is 4600.